The first-order valence-electron chi connectivity index (χ1n) is 10.2. The summed E-state index contributed by atoms with van der Waals surface area (Å²) < 4.78 is 12.5. The molecule has 1 aromatic carbocycles. The summed E-state index contributed by atoms with van der Waals surface area (Å²) in [6.45, 7) is 6.87. The highest BCUT2D eigenvalue weighted by atomic mass is 16.5. The zero-order valence-electron chi connectivity index (χ0n) is 17.1. The maximum absolute atomic E-state index is 13.0. The highest BCUT2D eigenvalue weighted by Crippen LogP contribution is 2.24. The summed E-state index contributed by atoms with van der Waals surface area (Å²) in [6.07, 6.45) is 2.34. The van der Waals surface area contributed by atoms with E-state index in [2.05, 4.69) is 22.1 Å². The number of hydrogen-bond donors (Lipinski definition) is 1. The highest BCUT2D eigenvalue weighted by Gasteiger charge is 2.23. The first-order chi connectivity index (χ1) is 14.6. The van der Waals surface area contributed by atoms with Crippen LogP contribution in [0.4, 0.5) is 0 Å². The minimum Gasteiger partial charge on any atom is -0.494 e. The Labute approximate surface area is 173 Å². The summed E-state index contributed by atoms with van der Waals surface area (Å²) in [4.78, 5) is 20.2. The van der Waals surface area contributed by atoms with Gasteiger partial charge in [0.25, 0.3) is 5.56 Å². The number of benzene rings is 1. The molecule has 0 unspecified atom stereocenters. The van der Waals surface area contributed by atoms with E-state index in [1.807, 2.05) is 38.1 Å². The van der Waals surface area contributed by atoms with Gasteiger partial charge in [0.05, 0.1) is 24.3 Å². The molecule has 1 aliphatic heterocycles. The number of hydrogen-bond acceptors (Lipinski definition) is 5. The van der Waals surface area contributed by atoms with Gasteiger partial charge in [-0.2, -0.15) is 0 Å². The Morgan fingerprint density at radius 3 is 2.80 bits per heavy atom. The van der Waals surface area contributed by atoms with Crippen LogP contribution in [-0.4, -0.2) is 32.6 Å². The summed E-state index contributed by atoms with van der Waals surface area (Å²) in [5.74, 6) is 1.69. The van der Waals surface area contributed by atoms with E-state index in [-0.39, 0.29) is 5.56 Å². The molecule has 0 fully saturated rings. The van der Waals surface area contributed by atoms with Crippen molar-refractivity contribution in [2.45, 2.75) is 33.4 Å². The number of aryl methyl sites for hydroxylation is 1. The second kappa shape index (κ2) is 7.50. The van der Waals surface area contributed by atoms with Gasteiger partial charge in [0.15, 0.2) is 5.65 Å². The van der Waals surface area contributed by atoms with Crippen LogP contribution in [0.3, 0.4) is 0 Å². The molecule has 30 heavy (non-hydrogen) atoms. The van der Waals surface area contributed by atoms with Gasteiger partial charge in [-0.05, 0) is 44.0 Å². The van der Waals surface area contributed by atoms with Crippen molar-refractivity contribution in [2.24, 2.45) is 0 Å². The Kier molecular flexibility index (Phi) is 4.67. The summed E-state index contributed by atoms with van der Waals surface area (Å²) >= 11 is 0. The lowest BCUT2D eigenvalue weighted by molar-refractivity contribution is 0.240. The Balaban J connectivity index is 1.41. The molecule has 0 bridgehead atoms. The van der Waals surface area contributed by atoms with Crippen molar-refractivity contribution < 1.29 is 9.15 Å². The molecule has 0 atom stereocenters. The van der Waals surface area contributed by atoms with Gasteiger partial charge in [0.2, 0.25) is 0 Å². The average Bonchev–Trinajstić information content (AvgIpc) is 3.35. The molecule has 0 aliphatic carbocycles. The van der Waals surface area contributed by atoms with Crippen LogP contribution >= 0.6 is 0 Å². The fourth-order valence-corrected chi connectivity index (χ4v) is 4.10. The van der Waals surface area contributed by atoms with E-state index in [9.17, 15) is 4.79 Å². The number of fused-ring (bicyclic) bond motifs is 2. The number of aromatic nitrogens is 3. The lowest BCUT2D eigenvalue weighted by atomic mass is 10.1. The van der Waals surface area contributed by atoms with Gasteiger partial charge in [-0.1, -0.05) is 12.1 Å². The van der Waals surface area contributed by atoms with Gasteiger partial charge < -0.3 is 9.15 Å². The number of rotatable bonds is 5. The molecular formula is C23H24N4O3. The molecule has 1 N–H and O–H groups in total. The van der Waals surface area contributed by atoms with E-state index in [1.54, 1.807) is 10.8 Å². The van der Waals surface area contributed by atoms with Crippen LogP contribution < -0.4 is 10.3 Å². The molecule has 0 amide bonds. The van der Waals surface area contributed by atoms with Crippen molar-refractivity contribution in [1.29, 1.82) is 0 Å². The molecule has 4 heterocycles. The molecule has 0 saturated heterocycles. The van der Waals surface area contributed by atoms with Crippen LogP contribution in [0.1, 0.15) is 29.5 Å². The molecule has 0 spiro atoms. The third-order valence-electron chi connectivity index (χ3n) is 5.63. The molecule has 154 valence electrons. The normalized spacial score (nSPS) is 14.2. The zero-order valence-corrected chi connectivity index (χ0v) is 17.1. The summed E-state index contributed by atoms with van der Waals surface area (Å²) in [6, 6.07) is 12.0. The minimum atomic E-state index is -0.0110. The number of ether oxygens (including phenoxy) is 1. The van der Waals surface area contributed by atoms with E-state index in [0.29, 0.717) is 25.2 Å². The maximum Gasteiger partial charge on any atom is 0.276 e. The predicted molar refractivity (Wildman–Crippen MR) is 114 cm³/mol. The first-order valence-corrected chi connectivity index (χ1v) is 10.2. The Morgan fingerprint density at radius 1 is 1.23 bits per heavy atom. The molecule has 0 saturated carbocycles. The third kappa shape index (κ3) is 3.31. The van der Waals surface area contributed by atoms with Crippen LogP contribution in [-0.2, 0) is 19.5 Å². The van der Waals surface area contributed by atoms with Crippen molar-refractivity contribution in [2.75, 3.05) is 13.2 Å². The number of furan rings is 1. The Morgan fingerprint density at radius 2 is 2.07 bits per heavy atom. The summed E-state index contributed by atoms with van der Waals surface area (Å²) in [7, 11) is 0. The topological polar surface area (TPSA) is 75.8 Å². The van der Waals surface area contributed by atoms with Crippen LogP contribution in [0.5, 0.6) is 5.75 Å². The van der Waals surface area contributed by atoms with E-state index in [0.717, 1.165) is 47.1 Å². The van der Waals surface area contributed by atoms with Crippen molar-refractivity contribution in [3.8, 4) is 17.0 Å². The first kappa shape index (κ1) is 18.7. The van der Waals surface area contributed by atoms with Gasteiger partial charge in [0.1, 0.15) is 11.5 Å². The SMILES string of the molecule is CCOc1ccc(CN2CCc3c(nc4cc(-c5ccoc5C)[nH]n4c3=O)C2)cc1. The molecule has 5 rings (SSSR count). The number of aromatic amines is 1. The largest absolute Gasteiger partial charge is 0.494 e. The predicted octanol–water partition coefficient (Wildman–Crippen LogP) is 3.55. The monoisotopic (exact) mass is 404 g/mol. The quantitative estimate of drug-likeness (QED) is 0.551. The fraction of sp³-hybridized carbons (Fsp3) is 0.304. The molecule has 0 radical (unpaired) electrons. The van der Waals surface area contributed by atoms with Crippen molar-refractivity contribution in [1.82, 2.24) is 19.5 Å². The van der Waals surface area contributed by atoms with E-state index in [1.165, 1.54) is 5.56 Å². The van der Waals surface area contributed by atoms with Gasteiger partial charge in [-0.3, -0.25) is 14.8 Å². The average molecular weight is 404 g/mol. The zero-order chi connectivity index (χ0) is 20.7. The van der Waals surface area contributed by atoms with Crippen LogP contribution in [0.25, 0.3) is 16.9 Å². The van der Waals surface area contributed by atoms with Gasteiger partial charge in [-0.15, -0.1) is 0 Å². The van der Waals surface area contributed by atoms with Gasteiger partial charge in [-0.25, -0.2) is 9.50 Å². The smallest absolute Gasteiger partial charge is 0.276 e. The minimum absolute atomic E-state index is 0.0110. The second-order valence-electron chi connectivity index (χ2n) is 7.63. The highest BCUT2D eigenvalue weighted by molar-refractivity contribution is 5.65. The molecule has 3 aromatic heterocycles. The van der Waals surface area contributed by atoms with Crippen LogP contribution in [0.15, 0.2) is 51.9 Å². The van der Waals surface area contributed by atoms with Crippen LogP contribution in [0, 0.1) is 6.92 Å². The van der Waals surface area contributed by atoms with Crippen molar-refractivity contribution in [3.63, 3.8) is 0 Å². The maximum atomic E-state index is 13.0. The fourth-order valence-electron chi connectivity index (χ4n) is 4.10. The second-order valence-corrected chi connectivity index (χ2v) is 7.63. The molecule has 7 nitrogen and oxygen atoms in total. The lowest BCUT2D eigenvalue weighted by Crippen LogP contribution is -2.35. The summed E-state index contributed by atoms with van der Waals surface area (Å²) in [5.41, 5.74) is 5.29. The molecule has 4 aromatic rings. The third-order valence-corrected chi connectivity index (χ3v) is 5.63. The molecule has 1 aliphatic rings. The van der Waals surface area contributed by atoms with Crippen molar-refractivity contribution >= 4 is 5.65 Å². The number of nitrogens with one attached hydrogen (secondary N) is 1. The lowest BCUT2D eigenvalue weighted by Gasteiger charge is -2.27. The van der Waals surface area contributed by atoms with Crippen molar-refractivity contribution in [3.05, 3.63) is 75.6 Å². The standard InChI is InChI=1S/C23H24N4O3/c1-3-29-17-6-4-16(5-7-17)13-26-10-8-19-21(14-26)24-22-12-20(25-27(22)23(19)28)18-9-11-30-15(18)2/h4-7,9,11-12,25H,3,8,10,13-14H2,1-2H3. The van der Waals surface area contributed by atoms with E-state index in [4.69, 9.17) is 14.1 Å². The van der Waals surface area contributed by atoms with Crippen LogP contribution in [0.2, 0.25) is 0 Å². The Bertz CT molecular complexity index is 1250. The van der Waals surface area contributed by atoms with Gasteiger partial charge in [0, 0.05) is 36.8 Å². The van der Waals surface area contributed by atoms with E-state index >= 15 is 0 Å². The van der Waals surface area contributed by atoms with Gasteiger partial charge >= 0.3 is 0 Å². The number of H-pyrrole nitrogens is 1. The number of nitrogens with zero attached hydrogens (tertiary/aromatic N) is 3. The Hall–Kier alpha value is -3.32. The molecular weight excluding hydrogens is 380 g/mol. The summed E-state index contributed by atoms with van der Waals surface area (Å²) in [5, 5.41) is 3.18. The van der Waals surface area contributed by atoms with E-state index < -0.39 is 0 Å². The molecule has 7 heteroatoms.